The number of nitrogens with zero attached hydrogens (tertiary/aromatic N) is 5. The van der Waals surface area contributed by atoms with Gasteiger partial charge in [0.15, 0.2) is 0 Å². The van der Waals surface area contributed by atoms with Gasteiger partial charge in [0.25, 0.3) is 0 Å². The van der Waals surface area contributed by atoms with Gasteiger partial charge >= 0.3 is 5.69 Å². The van der Waals surface area contributed by atoms with Gasteiger partial charge in [0, 0.05) is 16.7 Å². The smallest absolute Gasteiger partial charge is 0.258 e. The highest BCUT2D eigenvalue weighted by molar-refractivity contribution is 5.75. The fourth-order valence-electron chi connectivity index (χ4n) is 3.73. The van der Waals surface area contributed by atoms with Crippen molar-refractivity contribution in [3.8, 4) is 22.5 Å². The molecule has 2 heterocycles. The van der Waals surface area contributed by atoms with Gasteiger partial charge < -0.3 is 0 Å². The average molecular weight is 415 g/mol. The molecule has 0 aliphatic heterocycles. The molecule has 4 rings (SSSR count). The molecule has 2 aromatic heterocycles. The largest absolute Gasteiger partial charge is 0.307 e. The standard InChI is InChI=1S/C24H25N5O2/c1-15-6-8-20(10-17(15)3)23-19(5)24(21-9-7-16(2)18(4)11-21)28(26-23)14-27-13-22(12-25-27)29(30)31/h6-13H,14H2,1-5H3. The molecule has 2 aromatic carbocycles. The average Bonchev–Trinajstić information content (AvgIpc) is 3.31. The molecule has 0 bridgehead atoms. The lowest BCUT2D eigenvalue weighted by atomic mass is 9.98. The molecule has 31 heavy (non-hydrogen) atoms. The maximum Gasteiger partial charge on any atom is 0.307 e. The van der Waals surface area contributed by atoms with E-state index < -0.39 is 4.92 Å². The minimum atomic E-state index is -0.442. The van der Waals surface area contributed by atoms with Gasteiger partial charge in [-0.2, -0.15) is 10.2 Å². The van der Waals surface area contributed by atoms with Crippen molar-refractivity contribution < 1.29 is 4.92 Å². The number of rotatable bonds is 5. The first-order chi connectivity index (χ1) is 14.7. The van der Waals surface area contributed by atoms with Crippen molar-refractivity contribution in [3.63, 3.8) is 0 Å². The summed E-state index contributed by atoms with van der Waals surface area (Å²) in [5.41, 5.74) is 9.89. The van der Waals surface area contributed by atoms with Gasteiger partial charge in [-0.05, 0) is 69.0 Å². The number of nitro groups is 1. The maximum absolute atomic E-state index is 11.1. The van der Waals surface area contributed by atoms with Crippen LogP contribution in [0.3, 0.4) is 0 Å². The molecule has 0 N–H and O–H groups in total. The van der Waals surface area contributed by atoms with Gasteiger partial charge in [0.1, 0.15) is 19.1 Å². The van der Waals surface area contributed by atoms with E-state index >= 15 is 0 Å². The van der Waals surface area contributed by atoms with Crippen LogP contribution in [0.15, 0.2) is 48.8 Å². The molecule has 0 unspecified atom stereocenters. The molecule has 4 aromatic rings. The lowest BCUT2D eigenvalue weighted by molar-refractivity contribution is -0.385. The summed E-state index contributed by atoms with van der Waals surface area (Å²) in [5.74, 6) is 0. The second kappa shape index (κ2) is 7.83. The van der Waals surface area contributed by atoms with Crippen LogP contribution in [0.25, 0.3) is 22.5 Å². The summed E-state index contributed by atoms with van der Waals surface area (Å²) < 4.78 is 3.42. The Morgan fingerprint density at radius 2 is 1.52 bits per heavy atom. The zero-order valence-corrected chi connectivity index (χ0v) is 18.4. The predicted molar refractivity (Wildman–Crippen MR) is 121 cm³/mol. The van der Waals surface area contributed by atoms with E-state index in [0.717, 1.165) is 28.1 Å². The molecule has 0 fully saturated rings. The Hall–Kier alpha value is -3.74. The second-order valence-electron chi connectivity index (χ2n) is 8.06. The van der Waals surface area contributed by atoms with E-state index in [4.69, 9.17) is 5.10 Å². The number of hydrogen-bond donors (Lipinski definition) is 0. The van der Waals surface area contributed by atoms with E-state index in [-0.39, 0.29) is 12.4 Å². The third-order valence-corrected chi connectivity index (χ3v) is 5.86. The minimum absolute atomic E-state index is 0.0361. The molecule has 7 nitrogen and oxygen atoms in total. The summed E-state index contributed by atoms with van der Waals surface area (Å²) in [5, 5.41) is 20.1. The molecule has 7 heteroatoms. The molecule has 0 aliphatic rings. The summed E-state index contributed by atoms with van der Waals surface area (Å²) >= 11 is 0. The molecular formula is C24H25N5O2. The van der Waals surface area contributed by atoms with Gasteiger partial charge in [-0.3, -0.25) is 10.1 Å². The van der Waals surface area contributed by atoms with Crippen LogP contribution in [0.4, 0.5) is 5.69 Å². The van der Waals surface area contributed by atoms with Crippen LogP contribution in [-0.2, 0) is 6.67 Å². The molecule has 0 amide bonds. The van der Waals surface area contributed by atoms with E-state index in [1.165, 1.54) is 34.6 Å². The van der Waals surface area contributed by atoms with Crippen LogP contribution in [0.5, 0.6) is 0 Å². The fraction of sp³-hybridized carbons (Fsp3) is 0.250. The van der Waals surface area contributed by atoms with Gasteiger partial charge in [0.2, 0.25) is 0 Å². The Kier molecular flexibility index (Phi) is 5.19. The zero-order chi connectivity index (χ0) is 22.3. The molecule has 0 radical (unpaired) electrons. The number of benzene rings is 2. The fourth-order valence-corrected chi connectivity index (χ4v) is 3.73. The molecule has 0 spiro atoms. The van der Waals surface area contributed by atoms with Crippen molar-refractivity contribution in [1.29, 1.82) is 0 Å². The van der Waals surface area contributed by atoms with E-state index in [1.54, 1.807) is 4.68 Å². The first-order valence-corrected chi connectivity index (χ1v) is 10.1. The van der Waals surface area contributed by atoms with E-state index in [1.807, 2.05) is 4.68 Å². The first kappa shape index (κ1) is 20.5. The van der Waals surface area contributed by atoms with Crippen LogP contribution in [-0.4, -0.2) is 24.5 Å². The Morgan fingerprint density at radius 1 is 0.903 bits per heavy atom. The maximum atomic E-state index is 11.1. The lowest BCUT2D eigenvalue weighted by Gasteiger charge is -2.10. The van der Waals surface area contributed by atoms with Crippen LogP contribution in [0, 0.1) is 44.7 Å². The predicted octanol–water partition coefficient (Wildman–Crippen LogP) is 5.37. The Morgan fingerprint density at radius 3 is 2.10 bits per heavy atom. The Bertz CT molecular complexity index is 1300. The van der Waals surface area contributed by atoms with Gasteiger partial charge in [-0.15, -0.1) is 0 Å². The van der Waals surface area contributed by atoms with Crippen LogP contribution >= 0.6 is 0 Å². The van der Waals surface area contributed by atoms with Crippen molar-refractivity contribution in [2.24, 2.45) is 0 Å². The summed E-state index contributed by atoms with van der Waals surface area (Å²) in [4.78, 5) is 10.6. The second-order valence-corrected chi connectivity index (χ2v) is 8.06. The van der Waals surface area contributed by atoms with Gasteiger partial charge in [0.05, 0.1) is 16.3 Å². The third-order valence-electron chi connectivity index (χ3n) is 5.86. The first-order valence-electron chi connectivity index (χ1n) is 10.1. The summed E-state index contributed by atoms with van der Waals surface area (Å²) in [6.07, 6.45) is 2.69. The van der Waals surface area contributed by atoms with Gasteiger partial charge in [-0.25, -0.2) is 9.36 Å². The highest BCUT2D eigenvalue weighted by Gasteiger charge is 2.19. The van der Waals surface area contributed by atoms with Crippen molar-refractivity contribution in [1.82, 2.24) is 19.6 Å². The van der Waals surface area contributed by atoms with Crippen molar-refractivity contribution in [2.75, 3.05) is 0 Å². The SMILES string of the molecule is Cc1ccc(-c2nn(Cn3cc([N+](=O)[O-])cn3)c(-c3ccc(C)c(C)c3)c2C)cc1C. The quantitative estimate of drug-likeness (QED) is 0.324. The van der Waals surface area contributed by atoms with Crippen LogP contribution in [0.1, 0.15) is 27.8 Å². The number of aromatic nitrogens is 4. The number of hydrogen-bond acceptors (Lipinski definition) is 4. The minimum Gasteiger partial charge on any atom is -0.258 e. The molecule has 158 valence electrons. The van der Waals surface area contributed by atoms with Crippen LogP contribution < -0.4 is 0 Å². The summed E-state index contributed by atoms with van der Waals surface area (Å²) in [6.45, 7) is 10.7. The Labute approximate surface area is 181 Å². The topological polar surface area (TPSA) is 78.8 Å². The van der Waals surface area contributed by atoms with Crippen molar-refractivity contribution in [3.05, 3.63) is 86.7 Å². The molecular weight excluding hydrogens is 390 g/mol. The van der Waals surface area contributed by atoms with E-state index in [2.05, 4.69) is 76.1 Å². The molecule has 0 atom stereocenters. The highest BCUT2D eigenvalue weighted by atomic mass is 16.6. The highest BCUT2D eigenvalue weighted by Crippen LogP contribution is 2.33. The van der Waals surface area contributed by atoms with E-state index in [0.29, 0.717) is 0 Å². The van der Waals surface area contributed by atoms with E-state index in [9.17, 15) is 10.1 Å². The van der Waals surface area contributed by atoms with Crippen LogP contribution in [0.2, 0.25) is 0 Å². The Balaban J connectivity index is 1.87. The van der Waals surface area contributed by atoms with Gasteiger partial charge in [-0.1, -0.05) is 24.3 Å². The monoisotopic (exact) mass is 415 g/mol. The molecule has 0 saturated heterocycles. The zero-order valence-electron chi connectivity index (χ0n) is 18.4. The molecule has 0 aliphatic carbocycles. The summed E-state index contributed by atoms with van der Waals surface area (Å²) in [6, 6.07) is 12.7. The number of aryl methyl sites for hydroxylation is 4. The van der Waals surface area contributed by atoms with Crippen molar-refractivity contribution in [2.45, 2.75) is 41.3 Å². The lowest BCUT2D eigenvalue weighted by Crippen LogP contribution is -2.11. The molecule has 0 saturated carbocycles. The normalized spacial score (nSPS) is 11.1. The van der Waals surface area contributed by atoms with Crippen molar-refractivity contribution >= 4 is 5.69 Å². The third kappa shape index (κ3) is 3.86. The summed E-state index contributed by atoms with van der Waals surface area (Å²) in [7, 11) is 0.